The molecule has 0 aliphatic carbocycles. The maximum atomic E-state index is 5.95. The van der Waals surface area contributed by atoms with Crippen LogP contribution in [0, 0.1) is 0 Å². The van der Waals surface area contributed by atoms with E-state index in [1.54, 1.807) is 26.1 Å². The molecule has 1 aliphatic rings. The van der Waals surface area contributed by atoms with Crippen molar-refractivity contribution >= 4 is 35.6 Å². The van der Waals surface area contributed by atoms with E-state index in [4.69, 9.17) is 28.9 Å². The molecule has 0 spiro atoms. The van der Waals surface area contributed by atoms with Crippen LogP contribution in [-0.4, -0.2) is 23.0 Å². The highest BCUT2D eigenvalue weighted by molar-refractivity contribution is 6.34. The number of aliphatic imine (C=N–C) groups is 2. The zero-order chi connectivity index (χ0) is 10.1. The van der Waals surface area contributed by atoms with Gasteiger partial charge < -0.3 is 5.73 Å². The predicted molar refractivity (Wildman–Crippen MR) is 57.8 cm³/mol. The largest absolute Gasteiger partial charge is 0.318 e. The van der Waals surface area contributed by atoms with E-state index in [0.29, 0.717) is 5.16 Å². The molecule has 0 radical (unpaired) electrons. The average molecular weight is 220 g/mol. The lowest BCUT2D eigenvalue weighted by Gasteiger charge is -2.19. The lowest BCUT2D eigenvalue weighted by atomic mass is 10.1. The zero-order valence-electron chi connectivity index (χ0n) is 7.46. The summed E-state index contributed by atoms with van der Waals surface area (Å²) in [7, 11) is 0. The Morgan fingerprint density at radius 3 is 2.62 bits per heavy atom. The summed E-state index contributed by atoms with van der Waals surface area (Å²) >= 11 is 11.7. The van der Waals surface area contributed by atoms with E-state index in [0.717, 1.165) is 0 Å². The molecule has 2 N–H and O–H groups in total. The van der Waals surface area contributed by atoms with Gasteiger partial charge in [0.05, 0.1) is 5.54 Å². The second-order valence-electron chi connectivity index (χ2n) is 3.37. The quantitative estimate of drug-likeness (QED) is 0.491. The van der Waals surface area contributed by atoms with Crippen LogP contribution in [0.15, 0.2) is 21.2 Å². The molecule has 13 heavy (non-hydrogen) atoms. The summed E-state index contributed by atoms with van der Waals surface area (Å²) in [5.74, 6) is 0. The monoisotopic (exact) mass is 219 g/mol. The number of hydrogen-bond acceptors (Lipinski definition) is 3. The highest BCUT2D eigenvalue weighted by Crippen LogP contribution is 2.19. The molecule has 0 bridgehead atoms. The molecule has 0 saturated carbocycles. The number of nitrogens with two attached hydrogens (primary N) is 1. The van der Waals surface area contributed by atoms with Crippen LogP contribution >= 0.6 is 23.2 Å². The molecular weight excluding hydrogens is 209 g/mol. The van der Waals surface area contributed by atoms with Gasteiger partial charge in [-0.05, 0) is 19.9 Å². The molecule has 1 rings (SSSR count). The molecule has 72 valence electrons. The van der Waals surface area contributed by atoms with Gasteiger partial charge >= 0.3 is 0 Å². The standard InChI is InChI=1S/C8H11Cl2N3/c1-7(11)3-6(9)12-5-8(2,10)13-4-7/h3-5H,11H2,1-2H3/b6-3-,12-5-,13-4-. The smallest absolute Gasteiger partial charge is 0.165 e. The predicted octanol–water partition coefficient (Wildman–Crippen LogP) is 1.89. The van der Waals surface area contributed by atoms with Crippen LogP contribution in [0.1, 0.15) is 13.8 Å². The Kier molecular flexibility index (Phi) is 2.80. The summed E-state index contributed by atoms with van der Waals surface area (Å²) in [6, 6.07) is 0. The minimum atomic E-state index is -0.866. The fourth-order valence-electron chi connectivity index (χ4n) is 0.809. The SMILES string of the molecule is CC1(N)/C=N\C(C)(Cl)/C=N\C(Cl)=C/1. The van der Waals surface area contributed by atoms with E-state index in [2.05, 4.69) is 9.98 Å². The van der Waals surface area contributed by atoms with Gasteiger partial charge in [-0.15, -0.1) is 0 Å². The summed E-state index contributed by atoms with van der Waals surface area (Å²) in [6.07, 6.45) is 4.65. The third-order valence-electron chi connectivity index (χ3n) is 1.45. The highest BCUT2D eigenvalue weighted by Gasteiger charge is 2.21. The first-order valence-electron chi connectivity index (χ1n) is 3.78. The minimum absolute atomic E-state index is 0.322. The van der Waals surface area contributed by atoms with E-state index in [1.165, 1.54) is 6.21 Å². The van der Waals surface area contributed by atoms with Crippen LogP contribution in [0.25, 0.3) is 0 Å². The normalized spacial score (nSPS) is 48.5. The molecule has 1 aliphatic heterocycles. The second kappa shape index (κ2) is 3.40. The van der Waals surface area contributed by atoms with Crippen molar-refractivity contribution in [2.75, 3.05) is 0 Å². The van der Waals surface area contributed by atoms with Crippen LogP contribution in [0.2, 0.25) is 0 Å². The van der Waals surface area contributed by atoms with Gasteiger partial charge in [0.25, 0.3) is 0 Å². The lowest BCUT2D eigenvalue weighted by molar-refractivity contribution is 0.771. The van der Waals surface area contributed by atoms with Gasteiger partial charge in [0.2, 0.25) is 0 Å². The maximum absolute atomic E-state index is 5.95. The molecule has 0 aromatic carbocycles. The van der Waals surface area contributed by atoms with Crippen LogP contribution < -0.4 is 5.73 Å². The van der Waals surface area contributed by atoms with Crippen LogP contribution in [0.4, 0.5) is 0 Å². The Morgan fingerprint density at radius 1 is 1.38 bits per heavy atom. The van der Waals surface area contributed by atoms with Gasteiger partial charge in [-0.25, -0.2) is 4.99 Å². The van der Waals surface area contributed by atoms with E-state index >= 15 is 0 Å². The van der Waals surface area contributed by atoms with Crippen molar-refractivity contribution in [3.05, 3.63) is 11.2 Å². The Hall–Kier alpha value is -0.380. The van der Waals surface area contributed by atoms with Crippen molar-refractivity contribution in [2.24, 2.45) is 15.7 Å². The molecule has 2 unspecified atom stereocenters. The number of hydrogen-bond donors (Lipinski definition) is 1. The summed E-state index contributed by atoms with van der Waals surface area (Å²) in [4.78, 5) is 7.11. The van der Waals surface area contributed by atoms with Gasteiger partial charge in [-0.1, -0.05) is 23.2 Å². The van der Waals surface area contributed by atoms with Gasteiger partial charge in [0.15, 0.2) is 5.00 Å². The molecule has 0 fully saturated rings. The Balaban J connectivity index is 3.10. The van der Waals surface area contributed by atoms with Gasteiger partial charge in [-0.2, -0.15) is 0 Å². The van der Waals surface area contributed by atoms with Crippen molar-refractivity contribution in [1.29, 1.82) is 0 Å². The first kappa shape index (κ1) is 10.7. The number of nitrogens with zero attached hydrogens (tertiary/aromatic N) is 2. The molecule has 1 heterocycles. The van der Waals surface area contributed by atoms with E-state index in [9.17, 15) is 0 Å². The number of alkyl halides is 1. The molecule has 0 amide bonds. The fraction of sp³-hybridized carbons (Fsp3) is 0.500. The van der Waals surface area contributed by atoms with Crippen LogP contribution in [0.3, 0.4) is 0 Å². The topological polar surface area (TPSA) is 50.7 Å². The Labute approximate surface area is 87.3 Å². The number of halogens is 2. The van der Waals surface area contributed by atoms with E-state index in [-0.39, 0.29) is 0 Å². The maximum Gasteiger partial charge on any atom is 0.165 e. The summed E-state index contributed by atoms with van der Waals surface area (Å²) in [5.41, 5.74) is 5.11. The second-order valence-corrected chi connectivity index (χ2v) is 4.53. The van der Waals surface area contributed by atoms with E-state index < -0.39 is 10.5 Å². The average Bonchev–Trinajstić information content (AvgIpc) is 1.96. The third-order valence-corrected chi connectivity index (χ3v) is 1.85. The highest BCUT2D eigenvalue weighted by atomic mass is 35.5. The molecule has 2 atom stereocenters. The number of rotatable bonds is 0. The van der Waals surface area contributed by atoms with Crippen LogP contribution in [0.5, 0.6) is 0 Å². The molecule has 3 nitrogen and oxygen atoms in total. The summed E-state index contributed by atoms with van der Waals surface area (Å²) in [6.45, 7) is 3.48. The summed E-state index contributed by atoms with van der Waals surface area (Å²) < 4.78 is 0. The molecule has 0 aromatic heterocycles. The Morgan fingerprint density at radius 2 is 2.00 bits per heavy atom. The summed E-state index contributed by atoms with van der Waals surface area (Å²) in [5, 5.41) is 0.322. The van der Waals surface area contributed by atoms with E-state index in [1.807, 2.05) is 0 Å². The first-order valence-corrected chi connectivity index (χ1v) is 4.54. The first-order chi connectivity index (χ1) is 5.81. The van der Waals surface area contributed by atoms with Crippen molar-refractivity contribution in [3.8, 4) is 0 Å². The fourth-order valence-corrected chi connectivity index (χ4v) is 1.19. The van der Waals surface area contributed by atoms with Gasteiger partial charge in [0, 0.05) is 12.4 Å². The van der Waals surface area contributed by atoms with Gasteiger partial charge in [-0.3, -0.25) is 4.99 Å². The molecule has 0 saturated heterocycles. The van der Waals surface area contributed by atoms with Crippen molar-refractivity contribution in [3.63, 3.8) is 0 Å². The Bertz CT molecular complexity index is 290. The third kappa shape index (κ3) is 3.46. The minimum Gasteiger partial charge on any atom is -0.318 e. The van der Waals surface area contributed by atoms with Crippen molar-refractivity contribution in [2.45, 2.75) is 24.4 Å². The zero-order valence-corrected chi connectivity index (χ0v) is 8.97. The van der Waals surface area contributed by atoms with Gasteiger partial charge in [0.1, 0.15) is 5.16 Å². The molecule has 0 aromatic rings. The van der Waals surface area contributed by atoms with Crippen LogP contribution in [-0.2, 0) is 0 Å². The molecule has 5 heteroatoms. The lowest BCUT2D eigenvalue weighted by Crippen LogP contribution is -2.37. The van der Waals surface area contributed by atoms with Crippen molar-refractivity contribution in [1.82, 2.24) is 0 Å². The molecular formula is C8H11Cl2N3. The van der Waals surface area contributed by atoms with Crippen molar-refractivity contribution < 1.29 is 0 Å².